The molecule has 0 unspecified atom stereocenters. The van der Waals surface area contributed by atoms with E-state index >= 15 is 0 Å². The molecule has 0 N–H and O–H groups in total. The van der Waals surface area contributed by atoms with Gasteiger partial charge in [-0.25, -0.2) is 0 Å². The number of hydrogen-bond donors (Lipinski definition) is 0. The monoisotopic (exact) mass is 166 g/mol. The highest BCUT2D eigenvalue weighted by Crippen LogP contribution is 2.28. The molecule has 0 spiro atoms. The number of para-hydroxylation sites is 2. The van der Waals surface area contributed by atoms with Crippen molar-refractivity contribution in [2.75, 3.05) is 28.3 Å². The fourth-order valence-electron chi connectivity index (χ4n) is 1.18. The van der Waals surface area contributed by atoms with Gasteiger partial charge in [-0.3, -0.25) is 4.48 Å². The Morgan fingerprint density at radius 1 is 1.08 bits per heavy atom. The van der Waals surface area contributed by atoms with Crippen LogP contribution in [0.25, 0.3) is 0 Å². The molecule has 1 aromatic rings. The molecular formula is C10H16NO+. The van der Waals surface area contributed by atoms with Gasteiger partial charge in [0.05, 0.1) is 28.3 Å². The van der Waals surface area contributed by atoms with E-state index in [4.69, 9.17) is 4.74 Å². The zero-order valence-electron chi connectivity index (χ0n) is 8.16. The van der Waals surface area contributed by atoms with Crippen LogP contribution in [0.2, 0.25) is 0 Å². The molecule has 0 amide bonds. The van der Waals surface area contributed by atoms with Crippen LogP contribution in [0.5, 0.6) is 5.75 Å². The third kappa shape index (κ3) is 1.77. The van der Waals surface area contributed by atoms with Gasteiger partial charge in [0.1, 0.15) is 0 Å². The fraction of sp³-hybridized carbons (Fsp3) is 0.400. The summed E-state index contributed by atoms with van der Waals surface area (Å²) in [4.78, 5) is 0. The van der Waals surface area contributed by atoms with Crippen molar-refractivity contribution in [2.45, 2.75) is 0 Å². The SMILES string of the molecule is COc1ccccc1[N+](C)(C)C. The maximum Gasteiger partial charge on any atom is 0.179 e. The van der Waals surface area contributed by atoms with E-state index in [1.807, 2.05) is 18.2 Å². The van der Waals surface area contributed by atoms with Gasteiger partial charge in [-0.1, -0.05) is 12.1 Å². The Hall–Kier alpha value is -1.02. The van der Waals surface area contributed by atoms with Gasteiger partial charge in [0.15, 0.2) is 11.4 Å². The van der Waals surface area contributed by atoms with Crippen LogP contribution in [0.3, 0.4) is 0 Å². The van der Waals surface area contributed by atoms with Crippen LogP contribution < -0.4 is 9.22 Å². The Balaban J connectivity index is 3.14. The van der Waals surface area contributed by atoms with Gasteiger partial charge < -0.3 is 4.74 Å². The Labute approximate surface area is 74.0 Å². The summed E-state index contributed by atoms with van der Waals surface area (Å²) in [5.74, 6) is 0.949. The summed E-state index contributed by atoms with van der Waals surface area (Å²) in [6.07, 6.45) is 0. The number of hydrogen-bond acceptors (Lipinski definition) is 1. The van der Waals surface area contributed by atoms with Gasteiger partial charge in [-0.05, 0) is 6.07 Å². The topological polar surface area (TPSA) is 9.23 Å². The Morgan fingerprint density at radius 2 is 1.67 bits per heavy atom. The van der Waals surface area contributed by atoms with E-state index in [0.717, 1.165) is 10.2 Å². The highest BCUT2D eigenvalue weighted by atomic mass is 16.5. The van der Waals surface area contributed by atoms with Crippen molar-refractivity contribution in [3.8, 4) is 5.75 Å². The highest BCUT2D eigenvalue weighted by molar-refractivity contribution is 5.54. The van der Waals surface area contributed by atoms with E-state index in [0.29, 0.717) is 0 Å². The van der Waals surface area contributed by atoms with Crippen molar-refractivity contribution in [2.24, 2.45) is 0 Å². The molecule has 0 fully saturated rings. The van der Waals surface area contributed by atoms with Gasteiger partial charge in [-0.2, -0.15) is 0 Å². The van der Waals surface area contributed by atoms with Gasteiger partial charge in [0, 0.05) is 6.07 Å². The molecule has 0 heterocycles. The van der Waals surface area contributed by atoms with Crippen molar-refractivity contribution in [3.05, 3.63) is 24.3 Å². The molecule has 0 bridgehead atoms. The quantitative estimate of drug-likeness (QED) is 0.610. The number of quaternary nitrogens is 1. The Bertz CT molecular complexity index is 263. The first-order valence-electron chi connectivity index (χ1n) is 4.00. The van der Waals surface area contributed by atoms with Crippen LogP contribution in [0.1, 0.15) is 0 Å². The summed E-state index contributed by atoms with van der Waals surface area (Å²) in [6, 6.07) is 8.08. The molecule has 2 heteroatoms. The van der Waals surface area contributed by atoms with E-state index in [-0.39, 0.29) is 0 Å². The van der Waals surface area contributed by atoms with E-state index in [9.17, 15) is 0 Å². The molecule has 0 atom stereocenters. The molecule has 0 radical (unpaired) electrons. The minimum absolute atomic E-state index is 0.782. The third-order valence-electron chi connectivity index (χ3n) is 1.81. The van der Waals surface area contributed by atoms with E-state index < -0.39 is 0 Å². The van der Waals surface area contributed by atoms with Crippen LogP contribution in [-0.2, 0) is 0 Å². The number of nitrogens with zero attached hydrogens (tertiary/aromatic N) is 1. The van der Waals surface area contributed by atoms with Crippen LogP contribution in [0, 0.1) is 0 Å². The number of benzene rings is 1. The lowest BCUT2D eigenvalue weighted by Crippen LogP contribution is -2.35. The smallest absolute Gasteiger partial charge is 0.179 e. The molecule has 12 heavy (non-hydrogen) atoms. The van der Waals surface area contributed by atoms with Gasteiger partial charge in [0.25, 0.3) is 0 Å². The maximum absolute atomic E-state index is 5.26. The van der Waals surface area contributed by atoms with Crippen molar-refractivity contribution >= 4 is 5.69 Å². The molecule has 0 aromatic heterocycles. The first kappa shape index (κ1) is 9.07. The first-order chi connectivity index (χ1) is 5.55. The average Bonchev–Trinajstić information content (AvgIpc) is 2.03. The Morgan fingerprint density at radius 3 is 2.08 bits per heavy atom. The molecule has 1 aromatic carbocycles. The molecule has 0 saturated heterocycles. The van der Waals surface area contributed by atoms with E-state index in [2.05, 4.69) is 27.2 Å². The summed E-state index contributed by atoms with van der Waals surface area (Å²) in [6.45, 7) is 0. The van der Waals surface area contributed by atoms with Crippen molar-refractivity contribution in [1.82, 2.24) is 4.48 Å². The zero-order chi connectivity index (χ0) is 9.19. The molecule has 0 aliphatic heterocycles. The van der Waals surface area contributed by atoms with E-state index in [1.54, 1.807) is 7.11 Å². The summed E-state index contributed by atoms with van der Waals surface area (Å²) in [5.41, 5.74) is 1.19. The standard InChI is InChI=1S/C10H16NO/c1-11(2,3)9-7-5-6-8-10(9)12-4/h5-8H,1-4H3/q+1. The lowest BCUT2D eigenvalue weighted by atomic mass is 10.2. The second-order valence-corrected chi connectivity index (χ2v) is 3.68. The first-order valence-corrected chi connectivity index (χ1v) is 4.00. The number of methoxy groups -OCH3 is 1. The van der Waals surface area contributed by atoms with Crippen molar-refractivity contribution in [1.29, 1.82) is 0 Å². The molecule has 0 aliphatic rings. The van der Waals surface area contributed by atoms with Crippen LogP contribution in [0.15, 0.2) is 24.3 Å². The summed E-state index contributed by atoms with van der Waals surface area (Å²) < 4.78 is 6.04. The predicted octanol–water partition coefficient (Wildman–Crippen LogP) is 1.89. The molecule has 0 aliphatic carbocycles. The van der Waals surface area contributed by atoms with Crippen molar-refractivity contribution in [3.63, 3.8) is 0 Å². The molecule has 1 rings (SSSR count). The molecular weight excluding hydrogens is 150 g/mol. The normalized spacial score (nSPS) is 11.3. The highest BCUT2D eigenvalue weighted by Gasteiger charge is 2.16. The number of rotatable bonds is 2. The lowest BCUT2D eigenvalue weighted by molar-refractivity contribution is 0.390. The maximum atomic E-state index is 5.26. The molecule has 0 saturated carbocycles. The molecule has 66 valence electrons. The second-order valence-electron chi connectivity index (χ2n) is 3.68. The summed E-state index contributed by atoms with van der Waals surface area (Å²) >= 11 is 0. The lowest BCUT2D eigenvalue weighted by Gasteiger charge is -2.24. The van der Waals surface area contributed by atoms with Crippen LogP contribution in [-0.4, -0.2) is 28.3 Å². The average molecular weight is 166 g/mol. The van der Waals surface area contributed by atoms with Crippen LogP contribution in [0.4, 0.5) is 5.69 Å². The van der Waals surface area contributed by atoms with Gasteiger partial charge in [0.2, 0.25) is 0 Å². The predicted molar refractivity (Wildman–Crippen MR) is 52.6 cm³/mol. The Kier molecular flexibility index (Phi) is 2.38. The van der Waals surface area contributed by atoms with E-state index in [1.165, 1.54) is 5.69 Å². The van der Waals surface area contributed by atoms with Gasteiger partial charge in [-0.15, -0.1) is 0 Å². The van der Waals surface area contributed by atoms with Gasteiger partial charge >= 0.3 is 0 Å². The zero-order valence-corrected chi connectivity index (χ0v) is 8.16. The summed E-state index contributed by atoms with van der Waals surface area (Å²) in [7, 11) is 8.07. The van der Waals surface area contributed by atoms with Crippen molar-refractivity contribution < 1.29 is 4.74 Å². The second kappa shape index (κ2) is 3.15. The summed E-state index contributed by atoms with van der Waals surface area (Å²) in [5, 5.41) is 0. The minimum atomic E-state index is 0.782. The fourth-order valence-corrected chi connectivity index (χ4v) is 1.18. The minimum Gasteiger partial charge on any atom is -0.491 e. The van der Waals surface area contributed by atoms with Crippen LogP contribution >= 0.6 is 0 Å². The third-order valence-corrected chi connectivity index (χ3v) is 1.81. The largest absolute Gasteiger partial charge is 0.491 e. The number of ether oxygens (including phenoxy) is 1. The molecule has 2 nitrogen and oxygen atoms in total.